The molecule has 0 radical (unpaired) electrons. The number of carbonyl (C=O) groups is 2. The Balaban J connectivity index is 1.74. The molecule has 1 amide bonds. The van der Waals surface area contributed by atoms with Gasteiger partial charge >= 0.3 is 5.97 Å². The van der Waals surface area contributed by atoms with Crippen LogP contribution >= 0.6 is 15.9 Å². The molecule has 1 N–H and O–H groups in total. The van der Waals surface area contributed by atoms with Gasteiger partial charge in [-0.05, 0) is 48.5 Å². The van der Waals surface area contributed by atoms with Crippen LogP contribution in [0, 0.1) is 0 Å². The standard InChI is InChI=1S/C23H19BrN2O5/c1-29-20-10-8-16(13-21(20)30-2)22(27)26-25-14-17-12-18(24)9-11-19(17)31-23(28)15-6-4-3-5-7-15/h3-14H,1-2H3,(H,26,27)/b25-14-. The molecule has 158 valence electrons. The number of rotatable bonds is 7. The van der Waals surface area contributed by atoms with Crippen LogP contribution < -0.4 is 19.6 Å². The minimum Gasteiger partial charge on any atom is -0.493 e. The SMILES string of the molecule is COc1ccc(C(=O)N/N=C\c2cc(Br)ccc2OC(=O)c2ccccc2)cc1OC. The zero-order chi connectivity index (χ0) is 22.2. The van der Waals surface area contributed by atoms with Crippen molar-refractivity contribution >= 4 is 34.0 Å². The lowest BCUT2D eigenvalue weighted by molar-refractivity contribution is 0.0734. The first-order valence-electron chi connectivity index (χ1n) is 9.14. The van der Waals surface area contributed by atoms with E-state index in [-0.39, 0.29) is 0 Å². The summed E-state index contributed by atoms with van der Waals surface area (Å²) in [6.07, 6.45) is 1.40. The monoisotopic (exact) mass is 482 g/mol. The van der Waals surface area contributed by atoms with Gasteiger partial charge < -0.3 is 14.2 Å². The molecule has 31 heavy (non-hydrogen) atoms. The van der Waals surface area contributed by atoms with Gasteiger partial charge in [0.1, 0.15) is 5.75 Å². The van der Waals surface area contributed by atoms with E-state index in [2.05, 4.69) is 26.5 Å². The van der Waals surface area contributed by atoms with E-state index >= 15 is 0 Å². The maximum Gasteiger partial charge on any atom is 0.343 e. The lowest BCUT2D eigenvalue weighted by atomic mass is 10.2. The van der Waals surface area contributed by atoms with Gasteiger partial charge in [-0.15, -0.1) is 0 Å². The van der Waals surface area contributed by atoms with Crippen LogP contribution in [0.1, 0.15) is 26.3 Å². The summed E-state index contributed by atoms with van der Waals surface area (Å²) in [4.78, 5) is 24.8. The second kappa shape index (κ2) is 10.4. The Kier molecular flexibility index (Phi) is 7.40. The number of nitrogens with zero attached hydrogens (tertiary/aromatic N) is 1. The molecule has 0 atom stereocenters. The summed E-state index contributed by atoms with van der Waals surface area (Å²) in [7, 11) is 3.01. The summed E-state index contributed by atoms with van der Waals surface area (Å²) in [5.41, 5.74) is 3.73. The van der Waals surface area contributed by atoms with E-state index in [4.69, 9.17) is 14.2 Å². The number of hydrazone groups is 1. The Bertz CT molecular complexity index is 1120. The molecule has 0 bridgehead atoms. The highest BCUT2D eigenvalue weighted by molar-refractivity contribution is 9.10. The number of nitrogens with one attached hydrogen (secondary N) is 1. The lowest BCUT2D eigenvalue weighted by Crippen LogP contribution is -2.18. The van der Waals surface area contributed by atoms with Gasteiger partial charge in [-0.25, -0.2) is 10.2 Å². The average Bonchev–Trinajstić information content (AvgIpc) is 2.80. The van der Waals surface area contributed by atoms with Crippen LogP contribution in [0.2, 0.25) is 0 Å². The van der Waals surface area contributed by atoms with E-state index in [1.807, 2.05) is 6.07 Å². The van der Waals surface area contributed by atoms with E-state index in [0.29, 0.717) is 33.9 Å². The number of ether oxygens (including phenoxy) is 3. The highest BCUT2D eigenvalue weighted by Gasteiger charge is 2.12. The average molecular weight is 483 g/mol. The lowest BCUT2D eigenvalue weighted by Gasteiger charge is -2.09. The second-order valence-electron chi connectivity index (χ2n) is 6.21. The van der Waals surface area contributed by atoms with Gasteiger partial charge in [0, 0.05) is 15.6 Å². The molecule has 7 nitrogen and oxygen atoms in total. The number of benzene rings is 3. The molecule has 0 fully saturated rings. The smallest absolute Gasteiger partial charge is 0.343 e. The Labute approximate surface area is 187 Å². The van der Waals surface area contributed by atoms with Crippen molar-refractivity contribution in [1.29, 1.82) is 0 Å². The summed E-state index contributed by atoms with van der Waals surface area (Å²) in [6, 6.07) is 18.5. The Morgan fingerprint density at radius 2 is 1.58 bits per heavy atom. The van der Waals surface area contributed by atoms with Crippen LogP contribution in [0.4, 0.5) is 0 Å². The minimum atomic E-state index is -0.494. The third-order valence-corrected chi connectivity index (χ3v) is 4.69. The number of hydrogen-bond donors (Lipinski definition) is 1. The first-order chi connectivity index (χ1) is 15.0. The molecule has 8 heteroatoms. The van der Waals surface area contributed by atoms with Crippen LogP contribution in [-0.4, -0.2) is 32.3 Å². The van der Waals surface area contributed by atoms with Crippen molar-refractivity contribution in [2.24, 2.45) is 5.10 Å². The van der Waals surface area contributed by atoms with Gasteiger partial charge in [-0.3, -0.25) is 4.79 Å². The molecule has 0 spiro atoms. The van der Waals surface area contributed by atoms with Crippen molar-refractivity contribution in [3.8, 4) is 17.2 Å². The molecule has 3 aromatic rings. The summed E-state index contributed by atoms with van der Waals surface area (Å²) in [5.74, 6) is 0.325. The van der Waals surface area contributed by atoms with Crippen LogP contribution in [-0.2, 0) is 0 Å². The Morgan fingerprint density at radius 3 is 2.29 bits per heavy atom. The van der Waals surface area contributed by atoms with E-state index in [1.54, 1.807) is 60.7 Å². The first-order valence-corrected chi connectivity index (χ1v) is 9.93. The minimum absolute atomic E-state index is 0.307. The highest BCUT2D eigenvalue weighted by atomic mass is 79.9. The predicted molar refractivity (Wildman–Crippen MR) is 120 cm³/mol. The van der Waals surface area contributed by atoms with E-state index < -0.39 is 11.9 Å². The van der Waals surface area contributed by atoms with Crippen LogP contribution in [0.15, 0.2) is 76.3 Å². The van der Waals surface area contributed by atoms with Crippen LogP contribution in [0.5, 0.6) is 17.2 Å². The number of carbonyl (C=O) groups excluding carboxylic acids is 2. The van der Waals surface area contributed by atoms with Gasteiger partial charge in [0.25, 0.3) is 5.91 Å². The van der Waals surface area contributed by atoms with E-state index in [9.17, 15) is 9.59 Å². The largest absolute Gasteiger partial charge is 0.493 e. The zero-order valence-electron chi connectivity index (χ0n) is 16.8. The fraction of sp³-hybridized carbons (Fsp3) is 0.0870. The molecule has 0 aliphatic carbocycles. The van der Waals surface area contributed by atoms with Gasteiger partial charge in [0.2, 0.25) is 0 Å². The number of esters is 1. The number of halogens is 1. The first kappa shape index (κ1) is 22.0. The second-order valence-corrected chi connectivity index (χ2v) is 7.12. The van der Waals surface area contributed by atoms with Crippen LogP contribution in [0.3, 0.4) is 0 Å². The summed E-state index contributed by atoms with van der Waals surface area (Å²) < 4.78 is 16.6. The maximum atomic E-state index is 12.4. The van der Waals surface area contributed by atoms with Crippen molar-refractivity contribution in [3.05, 3.63) is 87.9 Å². The number of amides is 1. The van der Waals surface area contributed by atoms with Crippen molar-refractivity contribution in [2.75, 3.05) is 14.2 Å². The van der Waals surface area contributed by atoms with E-state index in [0.717, 1.165) is 4.47 Å². The third-order valence-electron chi connectivity index (χ3n) is 4.20. The topological polar surface area (TPSA) is 86.2 Å². The summed E-state index contributed by atoms with van der Waals surface area (Å²) in [5, 5.41) is 3.99. The van der Waals surface area contributed by atoms with Crippen molar-refractivity contribution in [2.45, 2.75) is 0 Å². The number of methoxy groups -OCH3 is 2. The van der Waals surface area contributed by atoms with Crippen molar-refractivity contribution in [3.63, 3.8) is 0 Å². The number of hydrogen-bond acceptors (Lipinski definition) is 6. The van der Waals surface area contributed by atoms with Gasteiger partial charge in [0.15, 0.2) is 11.5 Å². The van der Waals surface area contributed by atoms with E-state index in [1.165, 1.54) is 20.4 Å². The molecule has 0 saturated carbocycles. The predicted octanol–water partition coefficient (Wildman–Crippen LogP) is 4.45. The van der Waals surface area contributed by atoms with Gasteiger partial charge in [-0.2, -0.15) is 5.10 Å². The molecule has 3 rings (SSSR count). The molecule has 0 aromatic heterocycles. The molecule has 0 aliphatic rings. The molecule has 3 aromatic carbocycles. The highest BCUT2D eigenvalue weighted by Crippen LogP contribution is 2.27. The van der Waals surface area contributed by atoms with Crippen molar-refractivity contribution < 1.29 is 23.8 Å². The maximum absolute atomic E-state index is 12.4. The fourth-order valence-electron chi connectivity index (χ4n) is 2.65. The summed E-state index contributed by atoms with van der Waals surface area (Å²) >= 11 is 3.38. The fourth-order valence-corrected chi connectivity index (χ4v) is 3.03. The van der Waals surface area contributed by atoms with Gasteiger partial charge in [-0.1, -0.05) is 34.1 Å². The molecule has 0 heterocycles. The Morgan fingerprint density at radius 1 is 0.871 bits per heavy atom. The normalized spacial score (nSPS) is 10.5. The summed E-state index contributed by atoms with van der Waals surface area (Å²) in [6.45, 7) is 0. The Hall–Kier alpha value is -3.65. The zero-order valence-corrected chi connectivity index (χ0v) is 18.4. The van der Waals surface area contributed by atoms with Crippen LogP contribution in [0.25, 0.3) is 0 Å². The quantitative estimate of drug-likeness (QED) is 0.232. The molecular weight excluding hydrogens is 464 g/mol. The molecule has 0 aliphatic heterocycles. The van der Waals surface area contributed by atoms with Gasteiger partial charge in [0.05, 0.1) is 26.0 Å². The third kappa shape index (κ3) is 5.70. The molecule has 0 unspecified atom stereocenters. The molecular formula is C23H19BrN2O5. The van der Waals surface area contributed by atoms with Crippen molar-refractivity contribution in [1.82, 2.24) is 5.43 Å². The molecule has 0 saturated heterocycles.